The van der Waals surface area contributed by atoms with Gasteiger partial charge in [0.05, 0.1) is 6.54 Å². The summed E-state index contributed by atoms with van der Waals surface area (Å²) in [5, 5.41) is 12.0. The van der Waals surface area contributed by atoms with Crippen LogP contribution in [0.2, 0.25) is 0 Å². The van der Waals surface area contributed by atoms with Crippen molar-refractivity contribution in [1.82, 2.24) is 15.1 Å². The minimum absolute atomic E-state index is 0.303. The van der Waals surface area contributed by atoms with Gasteiger partial charge in [0.25, 0.3) is 5.91 Å². The Morgan fingerprint density at radius 1 is 1.21 bits per heavy atom. The Bertz CT molecular complexity index is 973. The highest BCUT2D eigenvalue weighted by Crippen LogP contribution is 2.34. The van der Waals surface area contributed by atoms with E-state index < -0.39 is 0 Å². The first-order valence-electron chi connectivity index (χ1n) is 9.27. The molecule has 1 N–H and O–H groups in total. The number of amides is 1. The van der Waals surface area contributed by atoms with E-state index in [1.54, 1.807) is 0 Å². The molecule has 0 aliphatic heterocycles. The van der Waals surface area contributed by atoms with Gasteiger partial charge in [-0.25, -0.2) is 4.39 Å². The lowest BCUT2D eigenvalue weighted by Gasteiger charge is -2.32. The molecular weight excluding hydrogens is 375 g/mol. The van der Waals surface area contributed by atoms with Crippen molar-refractivity contribution in [3.8, 4) is 0 Å². The lowest BCUT2D eigenvalue weighted by Crippen LogP contribution is -2.27. The maximum absolute atomic E-state index is 13.0. The van der Waals surface area contributed by atoms with Crippen LogP contribution in [0.4, 0.5) is 10.1 Å². The number of aromatic nitrogens is 2. The molecular formula is C21H21FN4OS. The van der Waals surface area contributed by atoms with Crippen LogP contribution in [0, 0.1) is 5.82 Å². The van der Waals surface area contributed by atoms with Gasteiger partial charge in [-0.05, 0) is 61.7 Å². The number of halogens is 1. The highest BCUT2D eigenvalue weighted by molar-refractivity contribution is 7.13. The van der Waals surface area contributed by atoms with E-state index in [9.17, 15) is 9.18 Å². The Labute approximate surface area is 167 Å². The van der Waals surface area contributed by atoms with Crippen molar-refractivity contribution in [2.45, 2.75) is 31.8 Å². The Morgan fingerprint density at radius 2 is 2.00 bits per heavy atom. The lowest BCUT2D eigenvalue weighted by molar-refractivity contribution is 0.102. The van der Waals surface area contributed by atoms with Gasteiger partial charge in [0, 0.05) is 11.7 Å². The van der Waals surface area contributed by atoms with Crippen LogP contribution in [0.3, 0.4) is 0 Å². The van der Waals surface area contributed by atoms with Crippen LogP contribution in [0.25, 0.3) is 0 Å². The van der Waals surface area contributed by atoms with Crippen LogP contribution in [0.5, 0.6) is 0 Å². The molecule has 0 radical (unpaired) electrons. The molecule has 1 amide bonds. The van der Waals surface area contributed by atoms with Crippen LogP contribution in [0.1, 0.15) is 44.8 Å². The molecule has 4 rings (SSSR count). The van der Waals surface area contributed by atoms with Crippen LogP contribution in [-0.4, -0.2) is 28.1 Å². The first kappa shape index (κ1) is 18.7. The average Bonchev–Trinajstić information content (AvgIpc) is 3.18. The molecule has 3 aromatic rings. The monoisotopic (exact) mass is 396 g/mol. The molecule has 0 fully saturated rings. The van der Waals surface area contributed by atoms with E-state index in [1.807, 2.05) is 0 Å². The number of carbonyl (C=O) groups excluding carboxylic acids is 1. The smallest absolute Gasteiger partial charge is 0.286 e. The molecule has 1 aliphatic carbocycles. The summed E-state index contributed by atoms with van der Waals surface area (Å²) >= 11 is 1.29. The summed E-state index contributed by atoms with van der Waals surface area (Å²) in [5.74, 6) is -0.676. The number of nitrogens with zero attached hydrogens (tertiary/aromatic N) is 3. The average molecular weight is 396 g/mol. The summed E-state index contributed by atoms with van der Waals surface area (Å²) in [6.07, 6.45) is 3.42. The largest absolute Gasteiger partial charge is 0.320 e. The zero-order valence-electron chi connectivity index (χ0n) is 15.6. The second-order valence-electron chi connectivity index (χ2n) is 6.98. The van der Waals surface area contributed by atoms with Gasteiger partial charge in [0.1, 0.15) is 10.8 Å². The third-order valence-electron chi connectivity index (χ3n) is 5.02. The second kappa shape index (κ2) is 8.16. The van der Waals surface area contributed by atoms with E-state index in [2.05, 4.69) is 51.7 Å². The van der Waals surface area contributed by atoms with Crippen molar-refractivity contribution in [2.24, 2.45) is 0 Å². The lowest BCUT2D eigenvalue weighted by atomic mass is 9.87. The number of fused-ring (bicyclic) bond motifs is 1. The van der Waals surface area contributed by atoms with E-state index in [0.717, 1.165) is 17.8 Å². The van der Waals surface area contributed by atoms with Gasteiger partial charge in [0.15, 0.2) is 0 Å². The Morgan fingerprint density at radius 3 is 2.82 bits per heavy atom. The Kier molecular flexibility index (Phi) is 5.45. The number of rotatable bonds is 5. The van der Waals surface area contributed by atoms with Gasteiger partial charge in [-0.15, -0.1) is 10.2 Å². The molecule has 7 heteroatoms. The van der Waals surface area contributed by atoms with Gasteiger partial charge in [-0.3, -0.25) is 9.69 Å². The molecule has 1 aliphatic rings. The van der Waals surface area contributed by atoms with Crippen molar-refractivity contribution in [2.75, 3.05) is 12.4 Å². The normalized spacial score (nSPS) is 16.0. The van der Waals surface area contributed by atoms with Crippen LogP contribution in [0.15, 0.2) is 48.5 Å². The number of hydrogen-bond donors (Lipinski definition) is 1. The van der Waals surface area contributed by atoms with E-state index in [0.29, 0.717) is 23.3 Å². The maximum Gasteiger partial charge on any atom is 0.286 e. The molecule has 144 valence electrons. The summed E-state index contributed by atoms with van der Waals surface area (Å²) in [7, 11) is 2.09. The Hall–Kier alpha value is -2.64. The number of carbonyl (C=O) groups is 1. The van der Waals surface area contributed by atoms with Crippen LogP contribution < -0.4 is 5.32 Å². The predicted octanol–water partition coefficient (Wildman–Crippen LogP) is 4.44. The number of hydrogen-bond acceptors (Lipinski definition) is 5. The van der Waals surface area contributed by atoms with Crippen molar-refractivity contribution in [3.63, 3.8) is 0 Å². The fraction of sp³-hybridized carbons (Fsp3) is 0.286. The molecule has 0 unspecified atom stereocenters. The minimum atomic E-state index is -0.344. The molecule has 1 aromatic heterocycles. The van der Waals surface area contributed by atoms with E-state index >= 15 is 0 Å². The molecule has 0 saturated heterocycles. The van der Waals surface area contributed by atoms with Crippen molar-refractivity contribution >= 4 is 22.9 Å². The van der Waals surface area contributed by atoms with Gasteiger partial charge >= 0.3 is 0 Å². The van der Waals surface area contributed by atoms with Crippen molar-refractivity contribution in [1.29, 1.82) is 0 Å². The quantitative estimate of drug-likeness (QED) is 0.693. The molecule has 0 spiro atoms. The minimum Gasteiger partial charge on any atom is -0.320 e. The molecule has 5 nitrogen and oxygen atoms in total. The molecule has 0 bridgehead atoms. The third kappa shape index (κ3) is 4.10. The number of nitrogens with one attached hydrogen (secondary N) is 1. The van der Waals surface area contributed by atoms with Crippen LogP contribution in [-0.2, 0) is 13.0 Å². The Balaban J connectivity index is 1.42. The predicted molar refractivity (Wildman–Crippen MR) is 108 cm³/mol. The molecule has 2 aromatic carbocycles. The molecule has 1 heterocycles. The van der Waals surface area contributed by atoms with Crippen molar-refractivity contribution in [3.05, 3.63) is 75.5 Å². The first-order chi connectivity index (χ1) is 13.6. The topological polar surface area (TPSA) is 58.1 Å². The summed E-state index contributed by atoms with van der Waals surface area (Å²) in [6, 6.07) is 14.6. The van der Waals surface area contributed by atoms with Crippen molar-refractivity contribution < 1.29 is 9.18 Å². The van der Waals surface area contributed by atoms with Gasteiger partial charge in [-0.2, -0.15) is 0 Å². The summed E-state index contributed by atoms with van der Waals surface area (Å²) < 4.78 is 13.0. The molecule has 1 atom stereocenters. The number of anilines is 1. The fourth-order valence-corrected chi connectivity index (χ4v) is 4.44. The highest BCUT2D eigenvalue weighted by atomic mass is 32.1. The van der Waals surface area contributed by atoms with Gasteiger partial charge in [0.2, 0.25) is 5.01 Å². The maximum atomic E-state index is 13.0. The fourth-order valence-electron chi connectivity index (χ4n) is 3.64. The second-order valence-corrected chi connectivity index (χ2v) is 8.05. The summed E-state index contributed by atoms with van der Waals surface area (Å²) in [6.45, 7) is 0.639. The highest BCUT2D eigenvalue weighted by Gasteiger charge is 2.24. The van der Waals surface area contributed by atoms with Gasteiger partial charge in [-0.1, -0.05) is 35.6 Å². The number of benzene rings is 2. The van der Waals surface area contributed by atoms with E-state index in [-0.39, 0.29) is 11.7 Å². The van der Waals surface area contributed by atoms with E-state index in [4.69, 9.17) is 0 Å². The van der Waals surface area contributed by atoms with Gasteiger partial charge < -0.3 is 5.32 Å². The zero-order valence-corrected chi connectivity index (χ0v) is 16.4. The summed E-state index contributed by atoms with van der Waals surface area (Å²) in [5.41, 5.74) is 3.33. The molecule has 0 saturated carbocycles. The van der Waals surface area contributed by atoms with E-state index in [1.165, 1.54) is 53.1 Å². The summed E-state index contributed by atoms with van der Waals surface area (Å²) in [4.78, 5) is 14.6. The number of aryl methyl sites for hydroxylation is 1. The zero-order chi connectivity index (χ0) is 19.5. The SMILES string of the molecule is CN(Cc1nnc(C(=O)Nc2ccc(F)cc2)s1)[C@@H]1CCCc2ccccc21. The first-order valence-corrected chi connectivity index (χ1v) is 10.1. The molecule has 28 heavy (non-hydrogen) atoms. The third-order valence-corrected chi connectivity index (χ3v) is 5.92. The van der Waals surface area contributed by atoms with Crippen LogP contribution >= 0.6 is 11.3 Å². The standard InChI is InChI=1S/C21H21FN4OS/c1-26(18-8-4-6-14-5-2-3-7-17(14)18)13-19-24-25-21(28-19)20(27)23-16-11-9-15(22)10-12-16/h2-3,5,7,9-12,18H,4,6,8,13H2,1H3,(H,23,27)/t18-/m1/s1.